The number of nitrogens with one attached hydrogen (secondary N) is 1. The van der Waals surface area contributed by atoms with Crippen molar-refractivity contribution < 1.29 is 99.2 Å². The molecule has 20 atom stereocenters. The molecule has 21 nitrogen and oxygen atoms in total. The van der Waals surface area contributed by atoms with E-state index in [1.807, 2.05) is 0 Å². The highest BCUT2D eigenvalue weighted by molar-refractivity contribution is 5.73. The maximum Gasteiger partial charge on any atom is 0.217 e. The number of hydrogen-bond acceptors (Lipinski definition) is 20. The number of aliphatic hydroxyl groups excluding tert-OH is 12. The van der Waals surface area contributed by atoms with Gasteiger partial charge in [0.25, 0.3) is 0 Å². The Labute approximate surface area is 267 Å². The molecule has 0 radical (unpaired) electrons. The van der Waals surface area contributed by atoms with Crippen LogP contribution in [-0.4, -0.2) is 210 Å². The van der Waals surface area contributed by atoms with Gasteiger partial charge < -0.3 is 99.8 Å². The molecule has 47 heavy (non-hydrogen) atoms. The summed E-state index contributed by atoms with van der Waals surface area (Å²) in [5, 5.41) is 126. The highest BCUT2D eigenvalue weighted by Crippen LogP contribution is 2.33. The molecule has 21 heteroatoms. The topological polar surface area (TPSA) is 336 Å². The van der Waals surface area contributed by atoms with E-state index in [-0.39, 0.29) is 0 Å². The van der Waals surface area contributed by atoms with E-state index in [1.54, 1.807) is 0 Å². The molecule has 4 aliphatic rings. The summed E-state index contributed by atoms with van der Waals surface area (Å²) in [5.41, 5.74) is 0. The Kier molecular flexibility index (Phi) is 13.2. The molecule has 0 saturated carbocycles. The van der Waals surface area contributed by atoms with Crippen molar-refractivity contribution in [3.63, 3.8) is 0 Å². The zero-order chi connectivity index (χ0) is 34.9. The Morgan fingerprint density at radius 3 is 1.81 bits per heavy atom. The molecule has 0 aromatic rings. The van der Waals surface area contributed by atoms with Gasteiger partial charge in [0, 0.05) is 6.92 Å². The molecule has 0 bridgehead atoms. The van der Waals surface area contributed by atoms with E-state index in [0.717, 1.165) is 6.92 Å². The normalized spacial score (nSPS) is 51.0. The average Bonchev–Trinajstić information content (AvgIpc) is 3.03. The zero-order valence-corrected chi connectivity index (χ0v) is 25.3. The highest BCUT2D eigenvalue weighted by atomic mass is 16.8. The van der Waals surface area contributed by atoms with Crippen LogP contribution in [0.1, 0.15) is 13.8 Å². The molecule has 0 aromatic carbocycles. The third kappa shape index (κ3) is 8.20. The first kappa shape index (κ1) is 38.5. The van der Waals surface area contributed by atoms with Crippen LogP contribution in [0.2, 0.25) is 0 Å². The lowest BCUT2D eigenvalue weighted by Gasteiger charge is -2.48. The van der Waals surface area contributed by atoms with Gasteiger partial charge >= 0.3 is 0 Å². The van der Waals surface area contributed by atoms with Gasteiger partial charge in [0.1, 0.15) is 91.5 Å². The number of amides is 1. The van der Waals surface area contributed by atoms with Crippen molar-refractivity contribution in [2.45, 2.75) is 137 Å². The van der Waals surface area contributed by atoms with Crippen LogP contribution in [0.4, 0.5) is 0 Å². The van der Waals surface area contributed by atoms with Gasteiger partial charge in [0.2, 0.25) is 5.91 Å². The quantitative estimate of drug-likeness (QED) is 0.101. The molecule has 0 aliphatic carbocycles. The molecule has 4 fully saturated rings. The molecular formula is C26H45NO20. The van der Waals surface area contributed by atoms with Crippen LogP contribution in [0.25, 0.3) is 0 Å². The minimum atomic E-state index is -1.89. The number of carbonyl (C=O) groups is 1. The van der Waals surface area contributed by atoms with E-state index >= 15 is 0 Å². The summed E-state index contributed by atoms with van der Waals surface area (Å²) in [7, 11) is 0. The molecule has 0 spiro atoms. The third-order valence-electron chi connectivity index (χ3n) is 8.55. The van der Waals surface area contributed by atoms with Gasteiger partial charge in [-0.05, 0) is 6.92 Å². The van der Waals surface area contributed by atoms with Crippen molar-refractivity contribution in [3.8, 4) is 0 Å². The van der Waals surface area contributed by atoms with Crippen LogP contribution in [-0.2, 0) is 38.0 Å². The van der Waals surface area contributed by atoms with Gasteiger partial charge in [0.05, 0.1) is 25.9 Å². The van der Waals surface area contributed by atoms with Crippen molar-refractivity contribution in [3.05, 3.63) is 0 Å². The number of hydrogen-bond donors (Lipinski definition) is 13. The van der Waals surface area contributed by atoms with E-state index < -0.39 is 148 Å². The highest BCUT2D eigenvalue weighted by Gasteiger charge is 2.54. The summed E-state index contributed by atoms with van der Waals surface area (Å²) in [4.78, 5) is 11.8. The molecule has 4 aliphatic heterocycles. The summed E-state index contributed by atoms with van der Waals surface area (Å²) in [6, 6.07) is -1.42. The van der Waals surface area contributed by atoms with Crippen molar-refractivity contribution in [2.75, 3.05) is 19.8 Å². The van der Waals surface area contributed by atoms with Gasteiger partial charge in [0.15, 0.2) is 25.2 Å². The van der Waals surface area contributed by atoms with E-state index in [0.29, 0.717) is 0 Å². The second-order valence-corrected chi connectivity index (χ2v) is 11.9. The van der Waals surface area contributed by atoms with Crippen LogP contribution in [0.5, 0.6) is 0 Å². The minimum absolute atomic E-state index is 0.620. The zero-order valence-electron chi connectivity index (χ0n) is 25.3. The predicted octanol–water partition coefficient (Wildman–Crippen LogP) is -8.58. The number of rotatable bonds is 10. The summed E-state index contributed by atoms with van der Waals surface area (Å²) >= 11 is 0. The maximum atomic E-state index is 11.8. The maximum absolute atomic E-state index is 11.8. The molecule has 4 heterocycles. The third-order valence-corrected chi connectivity index (χ3v) is 8.55. The first-order valence-electron chi connectivity index (χ1n) is 14.9. The van der Waals surface area contributed by atoms with Gasteiger partial charge in [-0.25, -0.2) is 0 Å². The van der Waals surface area contributed by atoms with Crippen molar-refractivity contribution >= 4 is 5.91 Å². The van der Waals surface area contributed by atoms with E-state index in [9.17, 15) is 66.1 Å². The molecule has 0 aromatic heterocycles. The summed E-state index contributed by atoms with van der Waals surface area (Å²) in [6.07, 6.45) is -31.4. The van der Waals surface area contributed by atoms with E-state index in [1.165, 1.54) is 6.92 Å². The van der Waals surface area contributed by atoms with Crippen molar-refractivity contribution in [1.82, 2.24) is 5.32 Å². The second kappa shape index (κ2) is 16.2. The molecule has 274 valence electrons. The van der Waals surface area contributed by atoms with E-state index in [4.69, 9.17) is 33.2 Å². The average molecular weight is 692 g/mol. The molecule has 13 N–H and O–H groups in total. The van der Waals surface area contributed by atoms with Crippen LogP contribution >= 0.6 is 0 Å². The first-order chi connectivity index (χ1) is 22.1. The van der Waals surface area contributed by atoms with Crippen LogP contribution in [0, 0.1) is 0 Å². The fourth-order valence-electron chi connectivity index (χ4n) is 5.78. The number of aliphatic hydroxyl groups is 12. The fraction of sp³-hybridized carbons (Fsp3) is 0.962. The number of ether oxygens (including phenoxy) is 7. The molecule has 4 rings (SSSR count). The number of carbonyl (C=O) groups excluding carboxylic acids is 1. The second-order valence-electron chi connectivity index (χ2n) is 11.9. The lowest BCUT2D eigenvalue weighted by molar-refractivity contribution is -0.374. The lowest BCUT2D eigenvalue weighted by Crippen LogP contribution is -2.68. The van der Waals surface area contributed by atoms with Gasteiger partial charge in [-0.2, -0.15) is 0 Å². The fourth-order valence-corrected chi connectivity index (χ4v) is 5.78. The summed E-state index contributed by atoms with van der Waals surface area (Å²) in [6.45, 7) is 0.270. The molecule has 4 saturated heterocycles. The Balaban J connectivity index is 1.44. The Hall–Kier alpha value is -1.29. The predicted molar refractivity (Wildman–Crippen MR) is 144 cm³/mol. The summed E-state index contributed by atoms with van der Waals surface area (Å²) in [5.74, 6) is -0.651. The van der Waals surface area contributed by atoms with E-state index in [2.05, 4.69) is 5.32 Å². The van der Waals surface area contributed by atoms with Crippen LogP contribution in [0.15, 0.2) is 0 Å². The minimum Gasteiger partial charge on any atom is -0.394 e. The van der Waals surface area contributed by atoms with Gasteiger partial charge in [-0.1, -0.05) is 0 Å². The Morgan fingerprint density at radius 2 is 1.19 bits per heavy atom. The largest absolute Gasteiger partial charge is 0.394 e. The summed E-state index contributed by atoms with van der Waals surface area (Å²) < 4.78 is 38.5. The Bertz CT molecular complexity index is 1010. The van der Waals surface area contributed by atoms with Gasteiger partial charge in [-0.3, -0.25) is 4.79 Å². The van der Waals surface area contributed by atoms with Gasteiger partial charge in [-0.15, -0.1) is 0 Å². The van der Waals surface area contributed by atoms with Crippen molar-refractivity contribution in [2.24, 2.45) is 0 Å². The molecular weight excluding hydrogens is 646 g/mol. The molecule has 1 amide bonds. The van der Waals surface area contributed by atoms with Crippen LogP contribution in [0.3, 0.4) is 0 Å². The monoisotopic (exact) mass is 691 g/mol. The molecule has 1 unspecified atom stereocenters. The smallest absolute Gasteiger partial charge is 0.217 e. The standard InChI is InChI=1S/C26H45NO20/c1-6-12(31)22(47-24-11(27-7(2)30)15(34)13(32)8(3-28)44-24)20(39)26(42-6)46-21-9(4-29)45-25(19(38)17(21)36)41-5-10-14(33)16(35)18(37)23(40)43-10/h6,8-26,28-29,31-40H,3-5H2,1-2H3,(H,27,30)/t6-,8+,9+,10+,11+,12-,13-,14-,15+,16-,17+,18+,19+,20+,21+,22+,23?,24+,25+,26+/m0/s1. The SMILES string of the molecule is CC(=O)N[C@H]1[C@@H](O[C@@H]2[C@@H](O)[C@H](C)O[C@H](O[C@H]3[C@H](O)[C@@H](O)[C@H](OC[C@H]4OC(O)[C@H](O)[C@@H](O)[C@H]4O)O[C@@H]3CO)[C@@H]2O)O[C@H](CO)[C@H](O)[C@@H]1O. The lowest BCUT2D eigenvalue weighted by atomic mass is 9.95. The Morgan fingerprint density at radius 1 is 0.596 bits per heavy atom. The van der Waals surface area contributed by atoms with Crippen molar-refractivity contribution in [1.29, 1.82) is 0 Å². The first-order valence-corrected chi connectivity index (χ1v) is 14.9. The van der Waals surface area contributed by atoms with Crippen LogP contribution < -0.4 is 5.32 Å².